The molecular weight excluding hydrogens is 238 g/mol. The van der Waals surface area contributed by atoms with E-state index in [9.17, 15) is 4.79 Å². The van der Waals surface area contributed by atoms with E-state index in [1.165, 1.54) is 0 Å². The fourth-order valence-corrected chi connectivity index (χ4v) is 1.75. The van der Waals surface area contributed by atoms with Crippen molar-refractivity contribution in [2.75, 3.05) is 0 Å². The molecule has 0 bridgehead atoms. The van der Waals surface area contributed by atoms with Gasteiger partial charge in [-0.2, -0.15) is 0 Å². The first-order valence-electron chi connectivity index (χ1n) is 5.55. The van der Waals surface area contributed by atoms with Crippen LogP contribution in [-0.2, 0) is 0 Å². The van der Waals surface area contributed by atoms with Gasteiger partial charge in [0.15, 0.2) is 0 Å². The Hall–Kier alpha value is -1.35. The maximum Gasteiger partial charge on any atom is 0.346 e. The molecule has 1 heterocycles. The molecule has 0 aliphatic carbocycles. The number of fused-ring (bicyclic) bond motifs is 1. The number of halogens is 1. The van der Waals surface area contributed by atoms with Crippen LogP contribution in [0.25, 0.3) is 10.9 Å². The second-order valence-electron chi connectivity index (χ2n) is 4.46. The van der Waals surface area contributed by atoms with Gasteiger partial charge >= 0.3 is 5.63 Å². The standard InChI is InChI=1S/C13H14ClNO2/c1-7(2)10(14)12-15-11-8(3)5-4-6-9(11)13(16)17-12/h4-7,10H,1-3H3/t10-/m0/s1. The van der Waals surface area contributed by atoms with Crippen molar-refractivity contribution in [3.63, 3.8) is 0 Å². The molecule has 0 aliphatic rings. The average Bonchev–Trinajstić information content (AvgIpc) is 2.29. The number of rotatable bonds is 2. The topological polar surface area (TPSA) is 43.1 Å². The zero-order valence-corrected chi connectivity index (χ0v) is 10.8. The van der Waals surface area contributed by atoms with E-state index in [0.29, 0.717) is 16.8 Å². The van der Waals surface area contributed by atoms with Crippen LogP contribution >= 0.6 is 11.6 Å². The van der Waals surface area contributed by atoms with E-state index < -0.39 is 0 Å². The molecule has 2 aromatic rings. The van der Waals surface area contributed by atoms with Crippen LogP contribution in [0.2, 0.25) is 0 Å². The van der Waals surface area contributed by atoms with Crippen molar-refractivity contribution in [3.05, 3.63) is 40.1 Å². The molecule has 1 atom stereocenters. The lowest BCUT2D eigenvalue weighted by Gasteiger charge is -2.11. The maximum absolute atomic E-state index is 11.8. The highest BCUT2D eigenvalue weighted by Crippen LogP contribution is 2.27. The van der Waals surface area contributed by atoms with Crippen LogP contribution in [0, 0.1) is 12.8 Å². The Kier molecular flexibility index (Phi) is 3.20. The van der Waals surface area contributed by atoms with Gasteiger partial charge in [0.25, 0.3) is 0 Å². The highest BCUT2D eigenvalue weighted by molar-refractivity contribution is 6.20. The van der Waals surface area contributed by atoms with Crippen LogP contribution in [-0.4, -0.2) is 4.98 Å². The molecule has 1 aromatic heterocycles. The van der Waals surface area contributed by atoms with E-state index in [0.717, 1.165) is 5.56 Å². The molecule has 0 saturated carbocycles. The zero-order valence-electron chi connectivity index (χ0n) is 10.0. The van der Waals surface area contributed by atoms with Crippen LogP contribution < -0.4 is 5.63 Å². The molecule has 2 rings (SSSR count). The second kappa shape index (κ2) is 4.49. The summed E-state index contributed by atoms with van der Waals surface area (Å²) in [5, 5.41) is 0.119. The molecule has 0 fully saturated rings. The quantitative estimate of drug-likeness (QED) is 0.768. The Morgan fingerprint density at radius 3 is 2.71 bits per heavy atom. The van der Waals surface area contributed by atoms with Crippen molar-refractivity contribution < 1.29 is 4.42 Å². The molecule has 0 aliphatic heterocycles. The minimum Gasteiger partial charge on any atom is -0.406 e. The van der Waals surface area contributed by atoms with Gasteiger partial charge in [-0.15, -0.1) is 11.6 Å². The minimum absolute atomic E-state index is 0.161. The van der Waals surface area contributed by atoms with Gasteiger partial charge in [0, 0.05) is 0 Å². The van der Waals surface area contributed by atoms with Gasteiger partial charge in [0.05, 0.1) is 10.9 Å². The fourth-order valence-electron chi connectivity index (χ4n) is 1.66. The van der Waals surface area contributed by atoms with Gasteiger partial charge in [-0.25, -0.2) is 9.78 Å². The lowest BCUT2D eigenvalue weighted by atomic mass is 10.1. The predicted molar refractivity (Wildman–Crippen MR) is 68.4 cm³/mol. The van der Waals surface area contributed by atoms with Crippen LogP contribution in [0.3, 0.4) is 0 Å². The summed E-state index contributed by atoms with van der Waals surface area (Å²) < 4.78 is 5.17. The molecule has 0 unspecified atom stereocenters. The second-order valence-corrected chi connectivity index (χ2v) is 4.93. The van der Waals surface area contributed by atoms with E-state index in [1.807, 2.05) is 32.9 Å². The largest absolute Gasteiger partial charge is 0.406 e. The minimum atomic E-state index is -0.383. The zero-order chi connectivity index (χ0) is 12.6. The van der Waals surface area contributed by atoms with Gasteiger partial charge < -0.3 is 4.42 Å². The van der Waals surface area contributed by atoms with Crippen LogP contribution in [0.15, 0.2) is 27.4 Å². The Labute approximate surface area is 104 Å². The average molecular weight is 252 g/mol. The Balaban J connectivity index is 2.70. The number of hydrogen-bond donors (Lipinski definition) is 0. The Bertz CT molecular complexity index is 604. The Morgan fingerprint density at radius 2 is 2.06 bits per heavy atom. The van der Waals surface area contributed by atoms with E-state index in [-0.39, 0.29) is 16.9 Å². The van der Waals surface area contributed by atoms with Crippen molar-refractivity contribution in [2.24, 2.45) is 5.92 Å². The number of aryl methyl sites for hydroxylation is 1. The highest BCUT2D eigenvalue weighted by Gasteiger charge is 2.19. The first-order valence-corrected chi connectivity index (χ1v) is 5.98. The third-order valence-electron chi connectivity index (χ3n) is 2.70. The van der Waals surface area contributed by atoms with Crippen molar-refractivity contribution in [1.82, 2.24) is 4.98 Å². The van der Waals surface area contributed by atoms with Crippen LogP contribution in [0.4, 0.5) is 0 Å². The summed E-state index contributed by atoms with van der Waals surface area (Å²) in [5.41, 5.74) is 1.24. The molecule has 0 spiro atoms. The van der Waals surface area contributed by atoms with Gasteiger partial charge in [0.1, 0.15) is 5.38 Å². The fraction of sp³-hybridized carbons (Fsp3) is 0.385. The molecule has 3 nitrogen and oxygen atoms in total. The molecular formula is C13H14ClNO2. The van der Waals surface area contributed by atoms with Crippen molar-refractivity contribution >= 4 is 22.5 Å². The number of nitrogens with zero attached hydrogens (tertiary/aromatic N) is 1. The molecule has 90 valence electrons. The van der Waals surface area contributed by atoms with Gasteiger partial charge in [-0.3, -0.25) is 0 Å². The third-order valence-corrected chi connectivity index (χ3v) is 3.39. The summed E-state index contributed by atoms with van der Waals surface area (Å²) >= 11 is 6.17. The monoisotopic (exact) mass is 251 g/mol. The van der Waals surface area contributed by atoms with E-state index >= 15 is 0 Å². The van der Waals surface area contributed by atoms with Crippen molar-refractivity contribution in [1.29, 1.82) is 0 Å². The highest BCUT2D eigenvalue weighted by atomic mass is 35.5. The normalized spacial score (nSPS) is 13.2. The van der Waals surface area contributed by atoms with E-state index in [2.05, 4.69) is 4.98 Å². The molecule has 0 saturated heterocycles. The summed E-state index contributed by atoms with van der Waals surface area (Å²) in [6.45, 7) is 5.83. The number of benzene rings is 1. The molecule has 0 N–H and O–H groups in total. The third kappa shape index (κ3) is 2.20. The van der Waals surface area contributed by atoms with Gasteiger partial charge in [-0.1, -0.05) is 26.0 Å². The number of aromatic nitrogens is 1. The molecule has 4 heteroatoms. The summed E-state index contributed by atoms with van der Waals surface area (Å²) in [7, 11) is 0. The van der Waals surface area contributed by atoms with Crippen LogP contribution in [0.1, 0.15) is 30.7 Å². The number of alkyl halides is 1. The van der Waals surface area contributed by atoms with E-state index in [4.69, 9.17) is 16.0 Å². The van der Waals surface area contributed by atoms with Crippen molar-refractivity contribution in [3.8, 4) is 0 Å². The van der Waals surface area contributed by atoms with Crippen LogP contribution in [0.5, 0.6) is 0 Å². The number of para-hydroxylation sites is 1. The summed E-state index contributed by atoms with van der Waals surface area (Å²) in [6, 6.07) is 5.44. The SMILES string of the molecule is Cc1cccc2c(=O)oc([C@@H](Cl)C(C)C)nc12. The summed E-state index contributed by atoms with van der Waals surface area (Å²) in [6.07, 6.45) is 0. The van der Waals surface area contributed by atoms with Gasteiger partial charge in [-0.05, 0) is 24.5 Å². The van der Waals surface area contributed by atoms with E-state index in [1.54, 1.807) is 6.07 Å². The smallest absolute Gasteiger partial charge is 0.346 e. The lowest BCUT2D eigenvalue weighted by Crippen LogP contribution is -2.10. The lowest BCUT2D eigenvalue weighted by molar-refractivity contribution is 0.408. The van der Waals surface area contributed by atoms with Crippen molar-refractivity contribution in [2.45, 2.75) is 26.1 Å². The first-order chi connectivity index (χ1) is 8.00. The molecule has 17 heavy (non-hydrogen) atoms. The predicted octanol–water partition coefficient (Wildman–Crippen LogP) is 3.43. The number of hydrogen-bond acceptors (Lipinski definition) is 3. The molecule has 0 radical (unpaired) electrons. The summed E-state index contributed by atoms with van der Waals surface area (Å²) in [4.78, 5) is 16.2. The molecule has 0 amide bonds. The maximum atomic E-state index is 11.8. The Morgan fingerprint density at radius 1 is 1.35 bits per heavy atom. The molecule has 1 aromatic carbocycles. The van der Waals surface area contributed by atoms with Gasteiger partial charge in [0.2, 0.25) is 5.89 Å². The summed E-state index contributed by atoms with van der Waals surface area (Å²) in [5.74, 6) is 0.460. The first kappa shape index (κ1) is 12.1.